The van der Waals surface area contributed by atoms with Gasteiger partial charge in [0.05, 0.1) is 5.41 Å². The van der Waals surface area contributed by atoms with Gasteiger partial charge in [-0.2, -0.15) is 0 Å². The minimum Gasteiger partial charge on any atom is -0.342 e. The fraction of sp³-hybridized carbons (Fsp3) is 0.933. The van der Waals surface area contributed by atoms with Crippen LogP contribution >= 0.6 is 0 Å². The summed E-state index contributed by atoms with van der Waals surface area (Å²) >= 11 is 0. The highest BCUT2D eigenvalue weighted by atomic mass is 16.2. The zero-order valence-corrected chi connectivity index (χ0v) is 11.4. The molecule has 2 aliphatic carbocycles. The normalized spacial score (nSPS) is 34.6. The molecule has 0 aromatic heterocycles. The summed E-state index contributed by atoms with van der Waals surface area (Å²) in [5.41, 5.74) is 5.75. The summed E-state index contributed by atoms with van der Waals surface area (Å²) in [5, 5.41) is 0. The molecule has 3 rings (SSSR count). The highest BCUT2D eigenvalue weighted by Gasteiger charge is 2.46. The van der Waals surface area contributed by atoms with Crippen molar-refractivity contribution in [1.82, 2.24) is 4.90 Å². The van der Waals surface area contributed by atoms with Gasteiger partial charge in [0.25, 0.3) is 0 Å². The van der Waals surface area contributed by atoms with Crippen molar-refractivity contribution in [3.05, 3.63) is 0 Å². The van der Waals surface area contributed by atoms with Crippen molar-refractivity contribution >= 4 is 5.91 Å². The van der Waals surface area contributed by atoms with E-state index in [1.807, 2.05) is 0 Å². The highest BCUT2D eigenvalue weighted by Crippen LogP contribution is 2.42. The minimum absolute atomic E-state index is 0.187. The number of likely N-dealkylation sites (tertiary alicyclic amines) is 1. The SMILES string of the molecule is NCC1(C(=O)N2CC3CCCCC3C2)CCCC1. The molecule has 1 heterocycles. The van der Waals surface area contributed by atoms with Crippen LogP contribution in [0.1, 0.15) is 51.4 Å². The van der Waals surface area contributed by atoms with Crippen LogP contribution in [0.3, 0.4) is 0 Å². The Bertz CT molecular complexity index is 308. The zero-order chi connectivity index (χ0) is 12.6. The van der Waals surface area contributed by atoms with E-state index in [9.17, 15) is 4.79 Å². The monoisotopic (exact) mass is 250 g/mol. The van der Waals surface area contributed by atoms with Gasteiger partial charge in [-0.25, -0.2) is 0 Å². The molecule has 2 unspecified atom stereocenters. The molecule has 1 aliphatic heterocycles. The van der Waals surface area contributed by atoms with Gasteiger partial charge in [0, 0.05) is 19.6 Å². The third-order valence-corrected chi connectivity index (χ3v) is 5.67. The van der Waals surface area contributed by atoms with E-state index >= 15 is 0 Å². The summed E-state index contributed by atoms with van der Waals surface area (Å²) in [7, 11) is 0. The van der Waals surface area contributed by atoms with Crippen LogP contribution in [-0.2, 0) is 4.79 Å². The summed E-state index contributed by atoms with van der Waals surface area (Å²) in [6.07, 6.45) is 9.82. The molecule has 3 nitrogen and oxygen atoms in total. The van der Waals surface area contributed by atoms with Crippen LogP contribution in [0.25, 0.3) is 0 Å². The number of carbonyl (C=O) groups is 1. The summed E-state index contributed by atoms with van der Waals surface area (Å²) in [4.78, 5) is 15.0. The molecule has 0 aromatic rings. The van der Waals surface area contributed by atoms with Crippen molar-refractivity contribution in [2.45, 2.75) is 51.4 Å². The van der Waals surface area contributed by atoms with Crippen LogP contribution in [0.2, 0.25) is 0 Å². The zero-order valence-electron chi connectivity index (χ0n) is 11.4. The molecule has 3 fully saturated rings. The first-order valence-electron chi connectivity index (χ1n) is 7.75. The van der Waals surface area contributed by atoms with Crippen LogP contribution in [0.5, 0.6) is 0 Å². The second-order valence-electron chi connectivity index (χ2n) is 6.71. The topological polar surface area (TPSA) is 46.3 Å². The fourth-order valence-electron chi connectivity index (χ4n) is 4.46. The lowest BCUT2D eigenvalue weighted by atomic mass is 9.82. The number of nitrogens with two attached hydrogens (primary N) is 1. The van der Waals surface area contributed by atoms with Gasteiger partial charge < -0.3 is 10.6 Å². The van der Waals surface area contributed by atoms with E-state index in [0.29, 0.717) is 12.5 Å². The number of hydrogen-bond donors (Lipinski definition) is 1. The van der Waals surface area contributed by atoms with Gasteiger partial charge in [-0.3, -0.25) is 4.79 Å². The number of hydrogen-bond acceptors (Lipinski definition) is 2. The molecule has 1 saturated heterocycles. The van der Waals surface area contributed by atoms with Crippen LogP contribution < -0.4 is 5.73 Å². The smallest absolute Gasteiger partial charge is 0.230 e. The Hall–Kier alpha value is -0.570. The van der Waals surface area contributed by atoms with E-state index < -0.39 is 0 Å². The van der Waals surface area contributed by atoms with Crippen LogP contribution in [0.15, 0.2) is 0 Å². The van der Waals surface area contributed by atoms with E-state index in [4.69, 9.17) is 5.73 Å². The minimum atomic E-state index is -0.187. The van der Waals surface area contributed by atoms with Crippen LogP contribution in [0, 0.1) is 17.3 Å². The first kappa shape index (κ1) is 12.5. The average Bonchev–Trinajstić information content (AvgIpc) is 3.05. The maximum atomic E-state index is 12.8. The van der Waals surface area contributed by atoms with Gasteiger partial charge in [-0.1, -0.05) is 25.7 Å². The molecule has 0 spiro atoms. The van der Waals surface area contributed by atoms with E-state index in [1.54, 1.807) is 0 Å². The Morgan fingerprint density at radius 2 is 1.61 bits per heavy atom. The first-order valence-corrected chi connectivity index (χ1v) is 7.75. The number of fused-ring (bicyclic) bond motifs is 1. The maximum absolute atomic E-state index is 12.8. The van der Waals surface area contributed by atoms with Crippen molar-refractivity contribution in [3.63, 3.8) is 0 Å². The predicted molar refractivity (Wildman–Crippen MR) is 72.0 cm³/mol. The first-order chi connectivity index (χ1) is 8.75. The second-order valence-corrected chi connectivity index (χ2v) is 6.71. The highest BCUT2D eigenvalue weighted by molar-refractivity contribution is 5.83. The quantitative estimate of drug-likeness (QED) is 0.816. The van der Waals surface area contributed by atoms with Crippen LogP contribution in [0.4, 0.5) is 0 Å². The third kappa shape index (κ3) is 1.97. The molecular weight excluding hydrogens is 224 g/mol. The molecule has 102 valence electrons. The Morgan fingerprint density at radius 3 is 2.11 bits per heavy atom. The molecule has 3 aliphatic rings. The molecule has 0 radical (unpaired) electrons. The van der Waals surface area contributed by atoms with Crippen molar-refractivity contribution in [3.8, 4) is 0 Å². The summed E-state index contributed by atoms with van der Waals surface area (Å²) in [6, 6.07) is 0. The van der Waals surface area contributed by atoms with Gasteiger partial charge >= 0.3 is 0 Å². The standard InChI is InChI=1S/C15H26N2O/c16-11-15(7-3-4-8-15)14(18)17-9-12-5-1-2-6-13(12)10-17/h12-13H,1-11,16H2. The summed E-state index contributed by atoms with van der Waals surface area (Å²) in [6.45, 7) is 2.59. The number of rotatable bonds is 2. The Labute approximate surface area is 110 Å². The number of amides is 1. The number of nitrogens with zero attached hydrogens (tertiary/aromatic N) is 1. The Kier molecular flexibility index (Phi) is 3.35. The van der Waals surface area contributed by atoms with Crippen molar-refractivity contribution in [1.29, 1.82) is 0 Å². The van der Waals surface area contributed by atoms with Gasteiger partial charge in [0.15, 0.2) is 0 Å². The van der Waals surface area contributed by atoms with Gasteiger partial charge in [0.2, 0.25) is 5.91 Å². The predicted octanol–water partition coefficient (Wildman–Crippen LogP) is 2.15. The summed E-state index contributed by atoms with van der Waals surface area (Å²) in [5.74, 6) is 1.97. The summed E-state index contributed by atoms with van der Waals surface area (Å²) < 4.78 is 0. The lowest BCUT2D eigenvalue weighted by Crippen LogP contribution is -2.45. The Morgan fingerprint density at radius 1 is 1.06 bits per heavy atom. The van der Waals surface area contributed by atoms with Gasteiger partial charge in [-0.15, -0.1) is 0 Å². The van der Waals surface area contributed by atoms with E-state index in [2.05, 4.69) is 4.90 Å². The molecule has 2 atom stereocenters. The maximum Gasteiger partial charge on any atom is 0.230 e. The Balaban J connectivity index is 1.69. The fourth-order valence-corrected chi connectivity index (χ4v) is 4.46. The molecule has 18 heavy (non-hydrogen) atoms. The second kappa shape index (κ2) is 4.84. The molecule has 2 N–H and O–H groups in total. The lowest BCUT2D eigenvalue weighted by molar-refractivity contribution is -0.140. The molecule has 1 amide bonds. The van der Waals surface area contributed by atoms with Crippen molar-refractivity contribution < 1.29 is 4.79 Å². The molecule has 0 aromatic carbocycles. The van der Waals surface area contributed by atoms with Gasteiger partial charge in [-0.05, 0) is 37.5 Å². The van der Waals surface area contributed by atoms with Crippen molar-refractivity contribution in [2.75, 3.05) is 19.6 Å². The molecule has 3 heteroatoms. The van der Waals surface area contributed by atoms with Crippen LogP contribution in [-0.4, -0.2) is 30.4 Å². The van der Waals surface area contributed by atoms with E-state index in [1.165, 1.54) is 38.5 Å². The van der Waals surface area contributed by atoms with Crippen molar-refractivity contribution in [2.24, 2.45) is 23.0 Å². The largest absolute Gasteiger partial charge is 0.342 e. The molecular formula is C15H26N2O. The molecule has 2 saturated carbocycles. The average molecular weight is 250 g/mol. The van der Waals surface area contributed by atoms with Gasteiger partial charge in [0.1, 0.15) is 0 Å². The lowest BCUT2D eigenvalue weighted by Gasteiger charge is -2.31. The third-order valence-electron chi connectivity index (χ3n) is 5.67. The van der Waals surface area contributed by atoms with E-state index in [-0.39, 0.29) is 5.41 Å². The number of carbonyl (C=O) groups excluding carboxylic acids is 1. The van der Waals surface area contributed by atoms with E-state index in [0.717, 1.165) is 37.8 Å². The molecule has 0 bridgehead atoms.